The van der Waals surface area contributed by atoms with Crippen molar-refractivity contribution >= 4 is 22.5 Å². The van der Waals surface area contributed by atoms with Crippen molar-refractivity contribution in [3.8, 4) is 11.3 Å². The molecule has 1 saturated heterocycles. The first kappa shape index (κ1) is 22.9. The molecular formula is C28H27FN4O2. The minimum atomic E-state index is -0.403. The van der Waals surface area contributed by atoms with Gasteiger partial charge in [0.2, 0.25) is 0 Å². The summed E-state index contributed by atoms with van der Waals surface area (Å²) in [5, 5.41) is 14.0. The second-order valence-electron chi connectivity index (χ2n) is 8.85. The van der Waals surface area contributed by atoms with E-state index in [-0.39, 0.29) is 11.9 Å². The maximum Gasteiger partial charge on any atom is 0.255 e. The molecule has 35 heavy (non-hydrogen) atoms. The third-order valence-electron chi connectivity index (χ3n) is 6.35. The number of rotatable bonds is 5. The molecule has 1 aliphatic rings. The van der Waals surface area contributed by atoms with Crippen LogP contribution in [-0.4, -0.2) is 42.4 Å². The van der Waals surface area contributed by atoms with E-state index < -0.39 is 5.82 Å². The minimum Gasteiger partial charge on any atom is -0.378 e. The number of anilines is 1. The number of nitrogens with one attached hydrogen (secondary N) is 1. The second-order valence-corrected chi connectivity index (χ2v) is 8.85. The molecule has 0 radical (unpaired) electrons. The van der Waals surface area contributed by atoms with Crippen LogP contribution < -0.4 is 10.2 Å². The van der Waals surface area contributed by atoms with Crippen LogP contribution in [0.25, 0.3) is 22.0 Å². The topological polar surface area (TPSA) is 67.4 Å². The van der Waals surface area contributed by atoms with Crippen LogP contribution in [0.5, 0.6) is 0 Å². The molecule has 1 unspecified atom stereocenters. The highest BCUT2D eigenvalue weighted by Gasteiger charge is 2.24. The number of hydrogen-bond acceptors (Lipinski definition) is 5. The van der Waals surface area contributed by atoms with Gasteiger partial charge in [-0.2, -0.15) is 0 Å². The van der Waals surface area contributed by atoms with Crippen molar-refractivity contribution in [2.45, 2.75) is 19.9 Å². The molecule has 2 heterocycles. The Morgan fingerprint density at radius 3 is 2.57 bits per heavy atom. The molecule has 7 heteroatoms. The number of fused-ring (bicyclic) bond motifs is 1. The molecule has 0 saturated carbocycles. The molecule has 1 N–H and O–H groups in total. The minimum absolute atomic E-state index is 0.239. The van der Waals surface area contributed by atoms with Gasteiger partial charge in [-0.1, -0.05) is 48.0 Å². The van der Waals surface area contributed by atoms with Crippen molar-refractivity contribution < 1.29 is 13.9 Å². The number of aromatic nitrogens is 2. The van der Waals surface area contributed by atoms with Gasteiger partial charge in [-0.3, -0.25) is 4.79 Å². The molecule has 178 valence electrons. The van der Waals surface area contributed by atoms with E-state index in [1.54, 1.807) is 18.2 Å². The number of carbonyl (C=O) groups is 1. The van der Waals surface area contributed by atoms with Crippen molar-refractivity contribution in [1.82, 2.24) is 15.5 Å². The summed E-state index contributed by atoms with van der Waals surface area (Å²) in [6.07, 6.45) is 0. The van der Waals surface area contributed by atoms with E-state index in [0.29, 0.717) is 48.9 Å². The first-order valence-corrected chi connectivity index (χ1v) is 11.8. The smallest absolute Gasteiger partial charge is 0.255 e. The van der Waals surface area contributed by atoms with Gasteiger partial charge in [-0.25, -0.2) is 4.39 Å². The zero-order chi connectivity index (χ0) is 24.4. The summed E-state index contributed by atoms with van der Waals surface area (Å²) < 4.78 is 20.1. The number of benzene rings is 3. The second kappa shape index (κ2) is 9.80. The van der Waals surface area contributed by atoms with Gasteiger partial charge < -0.3 is 15.0 Å². The average Bonchev–Trinajstić information content (AvgIpc) is 2.90. The lowest BCUT2D eigenvalue weighted by Gasteiger charge is -2.29. The largest absolute Gasteiger partial charge is 0.378 e. The lowest BCUT2D eigenvalue weighted by molar-refractivity contribution is 0.0937. The van der Waals surface area contributed by atoms with E-state index in [2.05, 4.69) is 39.8 Å². The lowest BCUT2D eigenvalue weighted by atomic mass is 10.0. The standard InChI is InChI=1S/C28H27FN4O2/c1-18-7-10-25(29)23(15-18)26-17-24(27(32-31-26)33-11-13-35-14-12-33)28(34)30-19(2)21-9-8-20-5-3-4-6-22(20)16-21/h3-10,15-17,19H,11-14H2,1-2H3,(H,30,34). The molecule has 1 aromatic heterocycles. The van der Waals surface area contributed by atoms with Crippen LogP contribution in [-0.2, 0) is 4.74 Å². The van der Waals surface area contributed by atoms with E-state index in [1.807, 2.05) is 36.9 Å². The molecule has 5 rings (SSSR count). The summed E-state index contributed by atoms with van der Waals surface area (Å²) in [5.41, 5.74) is 2.91. The lowest BCUT2D eigenvalue weighted by Crippen LogP contribution is -2.39. The Bertz CT molecular complexity index is 1380. The third kappa shape index (κ3) is 4.86. The molecule has 0 spiro atoms. The van der Waals surface area contributed by atoms with Gasteiger partial charge in [0, 0.05) is 18.7 Å². The van der Waals surface area contributed by atoms with Gasteiger partial charge in [0.1, 0.15) is 5.82 Å². The molecule has 6 nitrogen and oxygen atoms in total. The van der Waals surface area contributed by atoms with Crippen LogP contribution in [0.4, 0.5) is 10.2 Å². The summed E-state index contributed by atoms with van der Waals surface area (Å²) in [4.78, 5) is 15.5. The monoisotopic (exact) mass is 470 g/mol. The number of nitrogens with zero attached hydrogens (tertiary/aromatic N) is 3. The number of amides is 1. The van der Waals surface area contributed by atoms with Gasteiger partial charge in [0.15, 0.2) is 5.82 Å². The summed E-state index contributed by atoms with van der Waals surface area (Å²) in [6, 6.07) is 20.5. The first-order valence-electron chi connectivity index (χ1n) is 11.8. The van der Waals surface area contributed by atoms with Crippen molar-refractivity contribution in [3.05, 3.63) is 89.2 Å². The molecular weight excluding hydrogens is 443 g/mol. The van der Waals surface area contributed by atoms with Gasteiger partial charge in [-0.15, -0.1) is 10.2 Å². The summed E-state index contributed by atoms with van der Waals surface area (Å²) >= 11 is 0. The van der Waals surface area contributed by atoms with Crippen molar-refractivity contribution in [3.63, 3.8) is 0 Å². The molecule has 1 amide bonds. The molecule has 1 aliphatic heterocycles. The van der Waals surface area contributed by atoms with E-state index >= 15 is 0 Å². The zero-order valence-corrected chi connectivity index (χ0v) is 19.8. The van der Waals surface area contributed by atoms with Crippen LogP contribution in [0.15, 0.2) is 66.7 Å². The average molecular weight is 471 g/mol. The summed E-state index contributed by atoms with van der Waals surface area (Å²) in [6.45, 7) is 6.14. The van der Waals surface area contributed by atoms with E-state index in [1.165, 1.54) is 6.07 Å². The van der Waals surface area contributed by atoms with Crippen LogP contribution in [0.1, 0.15) is 34.5 Å². The normalized spacial score (nSPS) is 14.7. The maximum atomic E-state index is 14.6. The molecule has 3 aromatic carbocycles. The predicted molar refractivity (Wildman–Crippen MR) is 135 cm³/mol. The molecule has 1 fully saturated rings. The van der Waals surface area contributed by atoms with Crippen molar-refractivity contribution in [1.29, 1.82) is 0 Å². The van der Waals surface area contributed by atoms with Crippen LogP contribution in [0.2, 0.25) is 0 Å². The quantitative estimate of drug-likeness (QED) is 0.441. The number of aryl methyl sites for hydroxylation is 1. The van der Waals surface area contributed by atoms with E-state index in [9.17, 15) is 9.18 Å². The molecule has 1 atom stereocenters. The highest BCUT2D eigenvalue weighted by Crippen LogP contribution is 2.28. The fraction of sp³-hybridized carbons (Fsp3) is 0.250. The SMILES string of the molecule is Cc1ccc(F)c(-c2cc(C(=O)NC(C)c3ccc4ccccc4c3)c(N3CCOCC3)nn2)c1. The fourth-order valence-electron chi connectivity index (χ4n) is 4.36. The Balaban J connectivity index is 1.49. The first-order chi connectivity index (χ1) is 17.0. The Morgan fingerprint density at radius 2 is 1.77 bits per heavy atom. The van der Waals surface area contributed by atoms with Gasteiger partial charge in [0.25, 0.3) is 5.91 Å². The van der Waals surface area contributed by atoms with Gasteiger partial charge in [-0.05, 0) is 54.4 Å². The van der Waals surface area contributed by atoms with Gasteiger partial charge in [0.05, 0.1) is 30.5 Å². The van der Waals surface area contributed by atoms with Crippen molar-refractivity contribution in [2.75, 3.05) is 31.2 Å². The summed E-state index contributed by atoms with van der Waals surface area (Å²) in [7, 11) is 0. The van der Waals surface area contributed by atoms with Crippen LogP contribution in [0.3, 0.4) is 0 Å². The van der Waals surface area contributed by atoms with Gasteiger partial charge >= 0.3 is 0 Å². The Morgan fingerprint density at radius 1 is 1.00 bits per heavy atom. The number of morpholine rings is 1. The van der Waals surface area contributed by atoms with Crippen molar-refractivity contribution in [2.24, 2.45) is 0 Å². The Labute approximate surface area is 203 Å². The third-order valence-corrected chi connectivity index (χ3v) is 6.35. The van der Waals surface area contributed by atoms with E-state index in [4.69, 9.17) is 4.74 Å². The molecule has 0 aliphatic carbocycles. The Hall–Kier alpha value is -3.84. The number of carbonyl (C=O) groups excluding carboxylic acids is 1. The highest BCUT2D eigenvalue weighted by molar-refractivity contribution is 6.00. The Kier molecular flexibility index (Phi) is 6.42. The number of hydrogen-bond donors (Lipinski definition) is 1. The number of ether oxygens (including phenoxy) is 1. The maximum absolute atomic E-state index is 14.6. The fourth-order valence-corrected chi connectivity index (χ4v) is 4.36. The molecule has 4 aromatic rings. The predicted octanol–water partition coefficient (Wildman–Crippen LogP) is 5.07. The number of halogens is 1. The van der Waals surface area contributed by atoms with E-state index in [0.717, 1.165) is 21.9 Å². The van der Waals surface area contributed by atoms with Crippen LogP contribution >= 0.6 is 0 Å². The summed E-state index contributed by atoms with van der Waals surface area (Å²) in [5.74, 6) is -0.204. The van der Waals surface area contributed by atoms with Crippen LogP contribution in [0, 0.1) is 12.7 Å². The zero-order valence-electron chi connectivity index (χ0n) is 19.8. The highest BCUT2D eigenvalue weighted by atomic mass is 19.1. The molecule has 0 bridgehead atoms.